The third kappa shape index (κ3) is 2.27. The molecule has 0 atom stereocenters. The Balaban J connectivity index is 2.04. The van der Waals surface area contributed by atoms with Crippen LogP contribution in [0.15, 0.2) is 82.1 Å². The van der Waals surface area contributed by atoms with E-state index in [9.17, 15) is 4.79 Å². The molecule has 0 fully saturated rings. The summed E-state index contributed by atoms with van der Waals surface area (Å²) in [6.45, 7) is 0. The zero-order chi connectivity index (χ0) is 15.8. The summed E-state index contributed by atoms with van der Waals surface area (Å²) in [5.74, 6) is 0.767. The van der Waals surface area contributed by atoms with Crippen LogP contribution in [-0.2, 0) is 7.05 Å². The maximum atomic E-state index is 12.6. The van der Waals surface area contributed by atoms with E-state index in [-0.39, 0.29) is 5.56 Å². The molecule has 0 unspecified atom stereocenters. The smallest absolute Gasteiger partial charge is 0.261 e. The fourth-order valence-corrected chi connectivity index (χ4v) is 2.84. The highest BCUT2D eigenvalue weighted by Gasteiger charge is 2.16. The minimum absolute atomic E-state index is 0.0577. The monoisotopic (exact) mass is 301 g/mol. The molecule has 0 amide bonds. The lowest BCUT2D eigenvalue weighted by Crippen LogP contribution is -2.17. The van der Waals surface area contributed by atoms with E-state index in [4.69, 9.17) is 4.42 Å². The molecule has 0 radical (unpaired) electrons. The fraction of sp³-hybridized carbons (Fsp3) is 0.0500. The molecule has 0 spiro atoms. The SMILES string of the molecule is Cn1cc2cc(-c3ccccc3)oc2c(-c2ccccc2)c1=O. The van der Waals surface area contributed by atoms with Gasteiger partial charge >= 0.3 is 0 Å². The van der Waals surface area contributed by atoms with Crippen molar-refractivity contribution in [3.63, 3.8) is 0 Å². The molecule has 0 aliphatic rings. The van der Waals surface area contributed by atoms with Crippen molar-refractivity contribution in [2.45, 2.75) is 0 Å². The van der Waals surface area contributed by atoms with Gasteiger partial charge in [0.05, 0.1) is 5.56 Å². The Morgan fingerprint density at radius 2 is 1.48 bits per heavy atom. The van der Waals surface area contributed by atoms with Crippen molar-refractivity contribution in [3.05, 3.63) is 83.3 Å². The molecule has 3 nitrogen and oxygen atoms in total. The molecule has 0 N–H and O–H groups in total. The van der Waals surface area contributed by atoms with Gasteiger partial charge in [-0.05, 0) is 11.6 Å². The second kappa shape index (κ2) is 5.29. The molecule has 0 saturated heterocycles. The maximum absolute atomic E-state index is 12.6. The van der Waals surface area contributed by atoms with Gasteiger partial charge in [0.1, 0.15) is 11.3 Å². The summed E-state index contributed by atoms with van der Waals surface area (Å²) in [7, 11) is 1.77. The lowest BCUT2D eigenvalue weighted by molar-refractivity contribution is 0.630. The highest BCUT2D eigenvalue weighted by Crippen LogP contribution is 2.32. The zero-order valence-electron chi connectivity index (χ0n) is 12.7. The van der Waals surface area contributed by atoms with Gasteiger partial charge in [0.25, 0.3) is 5.56 Å². The molecule has 112 valence electrons. The number of hydrogen-bond donors (Lipinski definition) is 0. The van der Waals surface area contributed by atoms with Crippen molar-refractivity contribution < 1.29 is 4.42 Å². The summed E-state index contributed by atoms with van der Waals surface area (Å²) >= 11 is 0. The number of benzene rings is 2. The Hall–Kier alpha value is -3.07. The molecule has 0 bridgehead atoms. The minimum atomic E-state index is -0.0577. The molecule has 4 aromatic rings. The van der Waals surface area contributed by atoms with Crippen molar-refractivity contribution in [3.8, 4) is 22.5 Å². The normalized spacial score (nSPS) is 11.0. The Kier molecular flexibility index (Phi) is 3.12. The quantitative estimate of drug-likeness (QED) is 0.547. The van der Waals surface area contributed by atoms with Gasteiger partial charge in [0.2, 0.25) is 0 Å². The molecule has 3 heteroatoms. The first kappa shape index (κ1) is 13.6. The highest BCUT2D eigenvalue weighted by molar-refractivity contribution is 5.94. The van der Waals surface area contributed by atoms with Crippen molar-refractivity contribution >= 4 is 11.0 Å². The van der Waals surface area contributed by atoms with E-state index in [1.165, 1.54) is 0 Å². The molecule has 23 heavy (non-hydrogen) atoms. The first-order valence-electron chi connectivity index (χ1n) is 7.48. The second-order valence-electron chi connectivity index (χ2n) is 5.55. The third-order valence-electron chi connectivity index (χ3n) is 3.98. The summed E-state index contributed by atoms with van der Waals surface area (Å²) in [5.41, 5.74) is 3.05. The number of furan rings is 1. The van der Waals surface area contributed by atoms with Gasteiger partial charge in [-0.15, -0.1) is 0 Å². The Bertz CT molecular complexity index is 1030. The standard InChI is InChI=1S/C20H15NO2/c1-21-13-16-12-17(14-8-4-2-5-9-14)23-19(16)18(20(21)22)15-10-6-3-7-11-15/h2-13H,1H3. The van der Waals surface area contributed by atoms with Gasteiger partial charge in [-0.3, -0.25) is 4.79 Å². The molecular weight excluding hydrogens is 286 g/mol. The maximum Gasteiger partial charge on any atom is 0.261 e. The second-order valence-corrected chi connectivity index (χ2v) is 5.55. The molecular formula is C20H15NO2. The molecule has 4 rings (SSSR count). The summed E-state index contributed by atoms with van der Waals surface area (Å²) in [6, 6.07) is 21.5. The lowest BCUT2D eigenvalue weighted by atomic mass is 10.1. The topological polar surface area (TPSA) is 35.1 Å². The van der Waals surface area contributed by atoms with E-state index in [1.807, 2.05) is 72.9 Å². The highest BCUT2D eigenvalue weighted by atomic mass is 16.3. The first-order chi connectivity index (χ1) is 11.2. The predicted molar refractivity (Wildman–Crippen MR) is 92.3 cm³/mol. The summed E-state index contributed by atoms with van der Waals surface area (Å²) in [5, 5.41) is 0.921. The lowest BCUT2D eigenvalue weighted by Gasteiger charge is -2.05. The molecule has 0 aliphatic heterocycles. The van der Waals surface area contributed by atoms with E-state index in [0.29, 0.717) is 11.1 Å². The van der Waals surface area contributed by atoms with Gasteiger partial charge in [-0.2, -0.15) is 0 Å². The van der Waals surface area contributed by atoms with Crippen LogP contribution in [0, 0.1) is 0 Å². The summed E-state index contributed by atoms with van der Waals surface area (Å²) in [4.78, 5) is 12.6. The number of aromatic nitrogens is 1. The van der Waals surface area contributed by atoms with Gasteiger partial charge in [-0.1, -0.05) is 60.7 Å². The first-order valence-corrected chi connectivity index (χ1v) is 7.48. The molecule has 0 saturated carbocycles. The van der Waals surface area contributed by atoms with Gasteiger partial charge in [-0.25, -0.2) is 0 Å². The van der Waals surface area contributed by atoms with Crippen LogP contribution in [0.1, 0.15) is 0 Å². The Morgan fingerprint density at radius 1 is 0.870 bits per heavy atom. The number of pyridine rings is 1. The van der Waals surface area contributed by atoms with Crippen molar-refractivity contribution in [1.82, 2.24) is 4.57 Å². The van der Waals surface area contributed by atoms with Crippen LogP contribution >= 0.6 is 0 Å². The zero-order valence-corrected chi connectivity index (χ0v) is 12.7. The van der Waals surface area contributed by atoms with Crippen molar-refractivity contribution in [1.29, 1.82) is 0 Å². The van der Waals surface area contributed by atoms with E-state index < -0.39 is 0 Å². The number of rotatable bonds is 2. The average molecular weight is 301 g/mol. The largest absolute Gasteiger partial charge is 0.455 e. The fourth-order valence-electron chi connectivity index (χ4n) is 2.84. The number of fused-ring (bicyclic) bond motifs is 1. The number of hydrogen-bond acceptors (Lipinski definition) is 2. The minimum Gasteiger partial charge on any atom is -0.455 e. The van der Waals surface area contributed by atoms with Crippen LogP contribution in [0.25, 0.3) is 33.4 Å². The van der Waals surface area contributed by atoms with Crippen LogP contribution < -0.4 is 5.56 Å². The predicted octanol–water partition coefficient (Wildman–Crippen LogP) is 4.47. The van der Waals surface area contributed by atoms with Crippen LogP contribution in [0.4, 0.5) is 0 Å². The van der Waals surface area contributed by atoms with Crippen molar-refractivity contribution in [2.24, 2.45) is 7.05 Å². The van der Waals surface area contributed by atoms with Crippen molar-refractivity contribution in [2.75, 3.05) is 0 Å². The van der Waals surface area contributed by atoms with Crippen LogP contribution in [-0.4, -0.2) is 4.57 Å². The molecule has 2 heterocycles. The Morgan fingerprint density at radius 3 is 2.13 bits per heavy atom. The van der Waals surface area contributed by atoms with Gasteiger partial charge < -0.3 is 8.98 Å². The number of aryl methyl sites for hydroxylation is 1. The molecule has 2 aromatic carbocycles. The Labute approximate surface area is 133 Å². The van der Waals surface area contributed by atoms with E-state index in [2.05, 4.69) is 0 Å². The summed E-state index contributed by atoms with van der Waals surface area (Å²) in [6.07, 6.45) is 1.82. The number of nitrogens with zero attached hydrogens (tertiary/aromatic N) is 1. The van der Waals surface area contributed by atoms with E-state index in [0.717, 1.165) is 22.3 Å². The third-order valence-corrected chi connectivity index (χ3v) is 3.98. The molecule has 2 aromatic heterocycles. The van der Waals surface area contributed by atoms with Crippen LogP contribution in [0.3, 0.4) is 0 Å². The molecule has 0 aliphatic carbocycles. The van der Waals surface area contributed by atoms with Gasteiger partial charge in [0.15, 0.2) is 0 Å². The van der Waals surface area contributed by atoms with Crippen LogP contribution in [0.2, 0.25) is 0 Å². The van der Waals surface area contributed by atoms with E-state index >= 15 is 0 Å². The average Bonchev–Trinajstić information content (AvgIpc) is 3.01. The summed E-state index contributed by atoms with van der Waals surface area (Å²) < 4.78 is 7.67. The van der Waals surface area contributed by atoms with Gasteiger partial charge in [0, 0.05) is 24.2 Å². The van der Waals surface area contributed by atoms with Crippen LogP contribution in [0.5, 0.6) is 0 Å². The van der Waals surface area contributed by atoms with E-state index in [1.54, 1.807) is 11.6 Å².